The van der Waals surface area contributed by atoms with Gasteiger partial charge in [0.15, 0.2) is 0 Å². The van der Waals surface area contributed by atoms with Crippen LogP contribution < -0.4 is 16.4 Å². The average Bonchev–Trinajstić information content (AvgIpc) is 2.30. The maximum absolute atomic E-state index is 11.3. The highest BCUT2D eigenvalue weighted by Gasteiger charge is 2.22. The summed E-state index contributed by atoms with van der Waals surface area (Å²) in [5.74, 6) is -0.476. The van der Waals surface area contributed by atoms with Crippen molar-refractivity contribution in [3.8, 4) is 0 Å². The lowest BCUT2D eigenvalue weighted by Crippen LogP contribution is -2.50. The second-order valence-corrected chi connectivity index (χ2v) is 4.94. The first kappa shape index (κ1) is 12.7. The smallest absolute Gasteiger partial charge is 0.250 e. The molecule has 1 aliphatic heterocycles. The van der Waals surface area contributed by atoms with Gasteiger partial charge >= 0.3 is 0 Å². The Bertz CT molecular complexity index is 460. The number of hydrogen-bond donors (Lipinski definition) is 2. The van der Waals surface area contributed by atoms with Crippen LogP contribution in [0.2, 0.25) is 0 Å². The summed E-state index contributed by atoms with van der Waals surface area (Å²) in [4.78, 5) is 15.9. The van der Waals surface area contributed by atoms with Crippen LogP contribution in [-0.4, -0.2) is 43.5 Å². The quantitative estimate of drug-likeness (QED) is 0.748. The third-order valence-corrected chi connectivity index (χ3v) is 3.46. The SMILES string of the molecule is C[C@@H]1CN(C)CCN1c1ccc(N)c(C(N)=O)c1. The topological polar surface area (TPSA) is 75.6 Å². The Morgan fingerprint density at radius 2 is 2.11 bits per heavy atom. The van der Waals surface area contributed by atoms with E-state index in [9.17, 15) is 4.79 Å². The zero-order chi connectivity index (χ0) is 13.3. The molecule has 1 atom stereocenters. The summed E-state index contributed by atoms with van der Waals surface area (Å²) in [6, 6.07) is 5.90. The number of carbonyl (C=O) groups excluding carboxylic acids is 1. The van der Waals surface area contributed by atoms with Crippen molar-refractivity contribution < 1.29 is 4.79 Å². The van der Waals surface area contributed by atoms with Gasteiger partial charge in [-0.15, -0.1) is 0 Å². The van der Waals surface area contributed by atoms with E-state index in [0.717, 1.165) is 25.3 Å². The van der Waals surface area contributed by atoms with Crippen molar-refractivity contribution in [2.24, 2.45) is 5.73 Å². The molecular weight excluding hydrogens is 228 g/mol. The molecule has 0 radical (unpaired) electrons. The molecule has 98 valence electrons. The number of nitrogen functional groups attached to an aromatic ring is 1. The molecular formula is C13H20N4O. The fourth-order valence-electron chi connectivity index (χ4n) is 2.46. The molecule has 1 amide bonds. The van der Waals surface area contributed by atoms with E-state index in [1.807, 2.05) is 6.07 Å². The summed E-state index contributed by atoms with van der Waals surface area (Å²) in [5.41, 5.74) is 12.9. The molecule has 1 aromatic rings. The Morgan fingerprint density at radius 1 is 1.39 bits per heavy atom. The van der Waals surface area contributed by atoms with Crippen LogP contribution >= 0.6 is 0 Å². The molecule has 0 bridgehead atoms. The van der Waals surface area contributed by atoms with E-state index < -0.39 is 5.91 Å². The second kappa shape index (κ2) is 4.86. The van der Waals surface area contributed by atoms with E-state index in [0.29, 0.717) is 17.3 Å². The monoisotopic (exact) mass is 248 g/mol. The zero-order valence-electron chi connectivity index (χ0n) is 10.9. The van der Waals surface area contributed by atoms with Crippen LogP contribution in [0.5, 0.6) is 0 Å². The molecule has 0 aromatic heterocycles. The highest BCUT2D eigenvalue weighted by atomic mass is 16.1. The normalized spacial score (nSPS) is 21.0. The molecule has 0 aliphatic carbocycles. The van der Waals surface area contributed by atoms with E-state index in [2.05, 4.69) is 23.8 Å². The number of rotatable bonds is 2. The largest absolute Gasteiger partial charge is 0.398 e. The summed E-state index contributed by atoms with van der Waals surface area (Å²) < 4.78 is 0. The van der Waals surface area contributed by atoms with Crippen molar-refractivity contribution in [1.82, 2.24) is 4.90 Å². The number of benzene rings is 1. The van der Waals surface area contributed by atoms with Crippen LogP contribution in [0.3, 0.4) is 0 Å². The lowest BCUT2D eigenvalue weighted by molar-refractivity contribution is 0.100. The molecule has 0 saturated carbocycles. The van der Waals surface area contributed by atoms with E-state index >= 15 is 0 Å². The third kappa shape index (κ3) is 2.41. The van der Waals surface area contributed by atoms with Crippen LogP contribution in [0.25, 0.3) is 0 Å². The van der Waals surface area contributed by atoms with E-state index in [1.165, 1.54) is 0 Å². The highest BCUT2D eigenvalue weighted by molar-refractivity contribution is 5.99. The van der Waals surface area contributed by atoms with Crippen LogP contribution in [0.4, 0.5) is 11.4 Å². The summed E-state index contributed by atoms with van der Waals surface area (Å²) in [5, 5.41) is 0. The molecule has 5 heteroatoms. The van der Waals surface area contributed by atoms with Crippen LogP contribution in [-0.2, 0) is 0 Å². The number of anilines is 2. The van der Waals surface area contributed by atoms with Gasteiger partial charge in [-0.25, -0.2) is 0 Å². The summed E-state index contributed by atoms with van der Waals surface area (Å²) in [6.45, 7) is 5.15. The molecule has 4 N–H and O–H groups in total. The van der Waals surface area contributed by atoms with Crippen molar-refractivity contribution in [3.63, 3.8) is 0 Å². The number of amides is 1. The highest BCUT2D eigenvalue weighted by Crippen LogP contribution is 2.24. The predicted molar refractivity (Wildman–Crippen MR) is 73.7 cm³/mol. The van der Waals surface area contributed by atoms with Gasteiger partial charge in [-0.05, 0) is 32.2 Å². The molecule has 2 rings (SSSR count). The lowest BCUT2D eigenvalue weighted by atomic mass is 10.1. The summed E-state index contributed by atoms with van der Waals surface area (Å²) in [6.07, 6.45) is 0. The number of nitrogens with zero attached hydrogens (tertiary/aromatic N) is 2. The maximum atomic E-state index is 11.3. The fraction of sp³-hybridized carbons (Fsp3) is 0.462. The van der Waals surface area contributed by atoms with Crippen molar-refractivity contribution in [1.29, 1.82) is 0 Å². The van der Waals surface area contributed by atoms with Gasteiger partial charge in [-0.1, -0.05) is 0 Å². The molecule has 1 aromatic carbocycles. The summed E-state index contributed by atoms with van der Waals surface area (Å²) >= 11 is 0. The molecule has 1 saturated heterocycles. The zero-order valence-corrected chi connectivity index (χ0v) is 10.9. The first-order valence-electron chi connectivity index (χ1n) is 6.13. The standard InChI is InChI=1S/C13H20N4O/c1-9-8-16(2)5-6-17(9)10-3-4-12(14)11(7-10)13(15)18/h3-4,7,9H,5-6,8,14H2,1-2H3,(H2,15,18)/t9-/m1/s1. The number of piperazine rings is 1. The molecule has 1 heterocycles. The fourth-order valence-corrected chi connectivity index (χ4v) is 2.46. The van der Waals surface area contributed by atoms with Crippen LogP contribution in [0.15, 0.2) is 18.2 Å². The van der Waals surface area contributed by atoms with E-state index in [4.69, 9.17) is 11.5 Å². The minimum absolute atomic E-state index is 0.402. The molecule has 0 unspecified atom stereocenters. The molecule has 5 nitrogen and oxygen atoms in total. The molecule has 0 spiro atoms. The minimum atomic E-state index is -0.476. The van der Waals surface area contributed by atoms with Gasteiger partial charge in [-0.2, -0.15) is 0 Å². The molecule has 1 aliphatic rings. The van der Waals surface area contributed by atoms with Gasteiger partial charge in [0.25, 0.3) is 5.91 Å². The van der Waals surface area contributed by atoms with Gasteiger partial charge in [0.2, 0.25) is 0 Å². The Balaban J connectivity index is 2.28. The van der Waals surface area contributed by atoms with Gasteiger partial charge in [0, 0.05) is 37.1 Å². The molecule has 18 heavy (non-hydrogen) atoms. The minimum Gasteiger partial charge on any atom is -0.398 e. The predicted octanol–water partition coefficient (Wildman–Crippen LogP) is 0.508. The van der Waals surface area contributed by atoms with E-state index in [1.54, 1.807) is 12.1 Å². The first-order chi connectivity index (χ1) is 8.49. The van der Waals surface area contributed by atoms with Crippen molar-refractivity contribution >= 4 is 17.3 Å². The van der Waals surface area contributed by atoms with Crippen molar-refractivity contribution in [3.05, 3.63) is 23.8 Å². The Hall–Kier alpha value is -1.75. The van der Waals surface area contributed by atoms with Gasteiger partial charge in [0.05, 0.1) is 5.56 Å². The summed E-state index contributed by atoms with van der Waals surface area (Å²) in [7, 11) is 2.12. The first-order valence-corrected chi connectivity index (χ1v) is 6.13. The van der Waals surface area contributed by atoms with Gasteiger partial charge in [-0.3, -0.25) is 4.79 Å². The number of primary amides is 1. The Morgan fingerprint density at radius 3 is 2.72 bits per heavy atom. The van der Waals surface area contributed by atoms with Crippen LogP contribution in [0.1, 0.15) is 17.3 Å². The van der Waals surface area contributed by atoms with Crippen molar-refractivity contribution in [2.45, 2.75) is 13.0 Å². The maximum Gasteiger partial charge on any atom is 0.250 e. The lowest BCUT2D eigenvalue weighted by Gasteiger charge is -2.40. The van der Waals surface area contributed by atoms with Gasteiger partial charge in [0.1, 0.15) is 0 Å². The number of nitrogens with two attached hydrogens (primary N) is 2. The number of hydrogen-bond acceptors (Lipinski definition) is 4. The number of likely N-dealkylation sites (N-methyl/N-ethyl adjacent to an activating group) is 1. The Kier molecular flexibility index (Phi) is 3.43. The van der Waals surface area contributed by atoms with Crippen LogP contribution in [0, 0.1) is 0 Å². The van der Waals surface area contributed by atoms with Crippen molar-refractivity contribution in [2.75, 3.05) is 37.3 Å². The third-order valence-electron chi connectivity index (χ3n) is 3.46. The molecule has 1 fully saturated rings. The van der Waals surface area contributed by atoms with Gasteiger partial charge < -0.3 is 21.3 Å². The second-order valence-electron chi connectivity index (χ2n) is 4.94. The number of carbonyl (C=O) groups is 1. The average molecular weight is 248 g/mol. The van der Waals surface area contributed by atoms with E-state index in [-0.39, 0.29) is 0 Å². The Labute approximate surface area is 107 Å².